The summed E-state index contributed by atoms with van der Waals surface area (Å²) in [6, 6.07) is 21.8. The summed E-state index contributed by atoms with van der Waals surface area (Å²) in [7, 11) is 0. The molecule has 0 bridgehead atoms. The van der Waals surface area contributed by atoms with Crippen LogP contribution in [0.15, 0.2) is 88.4 Å². The van der Waals surface area contributed by atoms with E-state index in [4.69, 9.17) is 9.47 Å². The highest BCUT2D eigenvalue weighted by Crippen LogP contribution is 2.32. The smallest absolute Gasteiger partial charge is 0.269 e. The van der Waals surface area contributed by atoms with Gasteiger partial charge in [-0.15, -0.1) is 33.4 Å². The summed E-state index contributed by atoms with van der Waals surface area (Å²) < 4.78 is 12.7. The highest BCUT2D eigenvalue weighted by Gasteiger charge is 2.13. The third kappa shape index (κ3) is 4.71. The van der Waals surface area contributed by atoms with Gasteiger partial charge in [0.2, 0.25) is 11.6 Å². The normalized spacial score (nSPS) is 12.7. The molecule has 0 N–H and O–H groups in total. The van der Waals surface area contributed by atoms with E-state index in [-0.39, 0.29) is 29.5 Å². The Hall–Kier alpha value is -3.76. The fourth-order valence-electron chi connectivity index (χ4n) is 3.30. The molecule has 2 heterocycles. The first-order chi connectivity index (χ1) is 15.7. The predicted molar refractivity (Wildman–Crippen MR) is 132 cm³/mol. The molecule has 0 radical (unpaired) electrons. The number of non-ortho nitro benzene ring substituents is 1. The van der Waals surface area contributed by atoms with E-state index >= 15 is 0 Å². The quantitative estimate of drug-likeness (QED) is 0.199. The third-order valence-corrected chi connectivity index (χ3v) is 5.66. The largest absolute Gasteiger partial charge is 0.454 e. The van der Waals surface area contributed by atoms with Gasteiger partial charge in [0.25, 0.3) is 5.69 Å². The second-order valence-corrected chi connectivity index (χ2v) is 7.67. The molecule has 5 rings (SSSR count). The monoisotopic (exact) mass is 524 g/mol. The zero-order chi connectivity index (χ0) is 21.9. The summed E-state index contributed by atoms with van der Waals surface area (Å²) >= 11 is 1.44. The van der Waals surface area contributed by atoms with Gasteiger partial charge in [0.15, 0.2) is 11.5 Å². The van der Waals surface area contributed by atoms with Gasteiger partial charge in [0.05, 0.1) is 16.8 Å². The lowest BCUT2D eigenvalue weighted by atomic mass is 10.1. The minimum Gasteiger partial charge on any atom is -0.454 e. The van der Waals surface area contributed by atoms with E-state index in [1.165, 1.54) is 23.5 Å². The van der Waals surface area contributed by atoms with Crippen molar-refractivity contribution in [2.45, 2.75) is 0 Å². The molecule has 0 spiro atoms. The molecule has 3 aromatic carbocycles. The second-order valence-electron chi connectivity index (χ2n) is 6.84. The molecule has 0 saturated carbocycles. The van der Waals surface area contributed by atoms with Crippen LogP contribution in [0.25, 0.3) is 16.9 Å². The fraction of sp³-hybridized carbons (Fsp3) is 0.0435. The van der Waals surface area contributed by atoms with Crippen LogP contribution in [0.5, 0.6) is 11.5 Å². The molecule has 10 heteroatoms. The standard InChI is InChI=1S/C23H16N4O4S.BrH/c28-27(29)19-9-7-17(8-10-19)20-14-32-23(26(20)18-4-2-1-3-5-18)25-24-13-16-6-11-21-22(12-16)31-15-30-21;/h1-14H,15H2;1H/b24-13+,25-23+;. The van der Waals surface area contributed by atoms with E-state index in [0.29, 0.717) is 16.3 Å². The van der Waals surface area contributed by atoms with Crippen LogP contribution in [0.4, 0.5) is 5.69 Å². The lowest BCUT2D eigenvalue weighted by molar-refractivity contribution is -0.384. The predicted octanol–water partition coefficient (Wildman–Crippen LogP) is 5.36. The molecule has 0 fully saturated rings. The number of halogens is 1. The van der Waals surface area contributed by atoms with E-state index < -0.39 is 4.92 Å². The highest BCUT2D eigenvalue weighted by molar-refractivity contribution is 8.93. The number of hydrogen-bond acceptors (Lipinski definition) is 7. The molecule has 166 valence electrons. The summed E-state index contributed by atoms with van der Waals surface area (Å²) in [6.07, 6.45) is 1.66. The molecular formula is C23H17BrN4O4S. The Bertz CT molecular complexity index is 1380. The van der Waals surface area contributed by atoms with Crippen molar-refractivity contribution < 1.29 is 14.4 Å². The maximum atomic E-state index is 11.0. The SMILES string of the molecule is Br.O=[N+]([O-])c1ccc(-c2cs/c(=N/N=C/c3ccc4c(c3)OCO4)n2-c2ccccc2)cc1. The van der Waals surface area contributed by atoms with E-state index in [0.717, 1.165) is 22.5 Å². The highest BCUT2D eigenvalue weighted by atomic mass is 79.9. The van der Waals surface area contributed by atoms with Crippen molar-refractivity contribution in [3.05, 3.63) is 98.7 Å². The zero-order valence-corrected chi connectivity index (χ0v) is 19.6. The first kappa shape index (κ1) is 22.4. The number of para-hydroxylation sites is 1. The maximum absolute atomic E-state index is 11.0. The number of hydrogen-bond donors (Lipinski definition) is 0. The van der Waals surface area contributed by atoms with E-state index in [1.807, 2.05) is 58.5 Å². The van der Waals surface area contributed by atoms with Crippen molar-refractivity contribution in [3.8, 4) is 28.4 Å². The van der Waals surface area contributed by atoms with Crippen LogP contribution in [0.1, 0.15) is 5.56 Å². The van der Waals surface area contributed by atoms with Gasteiger partial charge in [-0.05, 0) is 53.6 Å². The molecule has 0 atom stereocenters. The van der Waals surface area contributed by atoms with Crippen molar-refractivity contribution in [3.63, 3.8) is 0 Å². The van der Waals surface area contributed by atoms with Crippen molar-refractivity contribution in [2.75, 3.05) is 6.79 Å². The molecule has 33 heavy (non-hydrogen) atoms. The Morgan fingerprint density at radius 1 is 1.00 bits per heavy atom. The Morgan fingerprint density at radius 2 is 1.76 bits per heavy atom. The summed E-state index contributed by atoms with van der Waals surface area (Å²) in [6.45, 7) is 0.220. The zero-order valence-electron chi connectivity index (χ0n) is 17.0. The summed E-state index contributed by atoms with van der Waals surface area (Å²) in [4.78, 5) is 11.3. The number of aromatic nitrogens is 1. The number of nitro groups is 1. The number of benzene rings is 3. The Kier molecular flexibility index (Phi) is 6.66. The molecule has 1 aliphatic heterocycles. The first-order valence-electron chi connectivity index (χ1n) is 9.66. The molecule has 0 saturated heterocycles. The van der Waals surface area contributed by atoms with Crippen LogP contribution in [0, 0.1) is 10.1 Å². The van der Waals surface area contributed by atoms with E-state index in [2.05, 4.69) is 10.2 Å². The number of nitro benzene ring substituents is 1. The lowest BCUT2D eigenvalue weighted by Gasteiger charge is -2.08. The minimum atomic E-state index is -0.408. The van der Waals surface area contributed by atoms with Gasteiger partial charge in [-0.3, -0.25) is 14.7 Å². The first-order valence-corrected chi connectivity index (χ1v) is 10.5. The lowest BCUT2D eigenvalue weighted by Crippen LogP contribution is -2.13. The van der Waals surface area contributed by atoms with Gasteiger partial charge in [-0.25, -0.2) is 0 Å². The van der Waals surface area contributed by atoms with Crippen molar-refractivity contribution >= 4 is 40.2 Å². The number of rotatable bonds is 5. The Labute approximate surface area is 203 Å². The van der Waals surface area contributed by atoms with Crippen molar-refractivity contribution in [1.29, 1.82) is 0 Å². The van der Waals surface area contributed by atoms with Gasteiger partial charge in [-0.2, -0.15) is 5.10 Å². The summed E-state index contributed by atoms with van der Waals surface area (Å²) in [5.41, 5.74) is 3.52. The summed E-state index contributed by atoms with van der Waals surface area (Å²) in [5.74, 6) is 1.40. The average molecular weight is 525 g/mol. The van der Waals surface area contributed by atoms with Crippen LogP contribution in [0.2, 0.25) is 0 Å². The van der Waals surface area contributed by atoms with Gasteiger partial charge >= 0.3 is 0 Å². The van der Waals surface area contributed by atoms with E-state index in [9.17, 15) is 10.1 Å². The Balaban J connectivity index is 0.00000259. The van der Waals surface area contributed by atoms with Gasteiger partial charge in [0, 0.05) is 23.2 Å². The molecule has 4 aromatic rings. The Morgan fingerprint density at radius 3 is 2.52 bits per heavy atom. The van der Waals surface area contributed by atoms with Crippen LogP contribution >= 0.6 is 28.3 Å². The average Bonchev–Trinajstić information content (AvgIpc) is 3.46. The number of ether oxygens (including phenoxy) is 2. The van der Waals surface area contributed by atoms with E-state index in [1.54, 1.807) is 18.3 Å². The van der Waals surface area contributed by atoms with Gasteiger partial charge in [-0.1, -0.05) is 18.2 Å². The van der Waals surface area contributed by atoms with Crippen LogP contribution in [0.3, 0.4) is 0 Å². The van der Waals surface area contributed by atoms with Crippen molar-refractivity contribution in [2.24, 2.45) is 10.2 Å². The van der Waals surface area contributed by atoms with Crippen molar-refractivity contribution in [1.82, 2.24) is 4.57 Å². The van der Waals surface area contributed by atoms with Crippen LogP contribution in [-0.2, 0) is 0 Å². The fourth-order valence-corrected chi connectivity index (χ4v) is 4.16. The van der Waals surface area contributed by atoms with Gasteiger partial charge < -0.3 is 9.47 Å². The van der Waals surface area contributed by atoms with Gasteiger partial charge in [0.1, 0.15) is 0 Å². The summed E-state index contributed by atoms with van der Waals surface area (Å²) in [5, 5.41) is 21.7. The number of thiazole rings is 1. The van der Waals surface area contributed by atoms with Crippen LogP contribution in [-0.4, -0.2) is 22.5 Å². The molecule has 8 nitrogen and oxygen atoms in total. The number of fused-ring (bicyclic) bond motifs is 1. The minimum absolute atomic E-state index is 0. The molecule has 1 aromatic heterocycles. The molecule has 0 unspecified atom stereocenters. The van der Waals surface area contributed by atoms with Crippen LogP contribution < -0.4 is 14.3 Å². The second kappa shape index (κ2) is 9.80. The molecule has 1 aliphatic rings. The third-order valence-electron chi connectivity index (χ3n) is 4.84. The molecule has 0 aliphatic carbocycles. The maximum Gasteiger partial charge on any atom is 0.269 e. The topological polar surface area (TPSA) is 91.2 Å². The number of nitrogens with zero attached hydrogens (tertiary/aromatic N) is 4. The molecule has 0 amide bonds. The molecular weight excluding hydrogens is 508 g/mol.